The van der Waals surface area contributed by atoms with Crippen LogP contribution in [0.1, 0.15) is 103 Å². The Morgan fingerprint density at radius 2 is 0.579 bits per heavy atom. The van der Waals surface area contributed by atoms with Crippen molar-refractivity contribution >= 4 is 56.1 Å². The first-order valence-electron chi connectivity index (χ1n) is 27.0. The van der Waals surface area contributed by atoms with Crippen molar-refractivity contribution in [3.63, 3.8) is 0 Å². The van der Waals surface area contributed by atoms with Gasteiger partial charge in [-0.25, -0.2) is 0 Å². The molecule has 0 unspecified atom stereocenters. The predicted octanol–water partition coefficient (Wildman–Crippen LogP) is 21.6. The van der Waals surface area contributed by atoms with Gasteiger partial charge in [0.15, 0.2) is 11.2 Å². The van der Waals surface area contributed by atoms with E-state index in [2.05, 4.69) is 297 Å². The van der Waals surface area contributed by atoms with Crippen LogP contribution in [0.5, 0.6) is 0 Å². The molecule has 0 bridgehead atoms. The van der Waals surface area contributed by atoms with Gasteiger partial charge in [-0.05, 0) is 105 Å². The normalized spacial score (nSPS) is 12.1. The van der Waals surface area contributed by atoms with E-state index in [0.717, 1.165) is 101 Å². The molecule has 0 radical (unpaired) electrons. The molecule has 4 heteroatoms. The maximum atomic E-state index is 7.92. The summed E-state index contributed by atoms with van der Waals surface area (Å²) in [5.74, 6) is 2.25. The van der Waals surface area contributed by atoms with Crippen molar-refractivity contribution in [3.8, 4) is 44.9 Å². The van der Waals surface area contributed by atoms with Crippen molar-refractivity contribution in [2.75, 3.05) is 9.80 Å². The van der Waals surface area contributed by atoms with Crippen LogP contribution in [0.4, 0.5) is 34.1 Å². The smallest absolute Gasteiger partial charge is 0.162 e. The Morgan fingerprint density at radius 3 is 0.842 bits per heavy atom. The van der Waals surface area contributed by atoms with Crippen LogP contribution in [0.15, 0.2) is 227 Å². The monoisotopic (exact) mass is 993 g/mol. The van der Waals surface area contributed by atoms with Gasteiger partial charge in [-0.3, -0.25) is 0 Å². The first kappa shape index (κ1) is 49.9. The number of furan rings is 2. The Labute approximate surface area is 449 Å². The second-order valence-corrected chi connectivity index (χ2v) is 22.9. The maximum Gasteiger partial charge on any atom is 0.162 e. The summed E-state index contributed by atoms with van der Waals surface area (Å²) in [4.78, 5) is 4.85. The van der Waals surface area contributed by atoms with Gasteiger partial charge < -0.3 is 18.6 Å². The van der Waals surface area contributed by atoms with Crippen molar-refractivity contribution in [3.05, 3.63) is 241 Å². The number of rotatable bonds is 12. The summed E-state index contributed by atoms with van der Waals surface area (Å²) in [5, 5.41) is 1.87. The van der Waals surface area contributed by atoms with Gasteiger partial charge >= 0.3 is 0 Å². The molecule has 2 heterocycles. The lowest BCUT2D eigenvalue weighted by Gasteiger charge is -2.31. The SMILES string of the molecule is CC(C)c1ccc(N(c2ccc(C(C)(C)C)cc2)c2c3oc(-c4ccccc4)c(-c4ccccc4)c3c(N(c3ccc(C(C)C)cc3)c3ccc(C(C)(C)C)cc3)c3oc(-c4ccccc4)c(-c4ccccc4)c23)cc1. The summed E-state index contributed by atoms with van der Waals surface area (Å²) in [6, 6.07) is 79.2. The third-order valence-electron chi connectivity index (χ3n) is 15.0. The number of nitrogens with zero attached hydrogens (tertiary/aromatic N) is 2. The van der Waals surface area contributed by atoms with Crippen molar-refractivity contribution in [1.82, 2.24) is 0 Å². The third kappa shape index (κ3) is 9.32. The second-order valence-electron chi connectivity index (χ2n) is 22.9. The average Bonchev–Trinajstić information content (AvgIpc) is 4.14. The average molecular weight is 993 g/mol. The fraction of sp³-hybridized carbons (Fsp3) is 0.194. The second kappa shape index (κ2) is 20.1. The van der Waals surface area contributed by atoms with E-state index < -0.39 is 0 Å². The molecule has 0 aliphatic heterocycles. The molecule has 0 atom stereocenters. The molecule has 378 valence electrons. The molecular weight excluding hydrogens is 925 g/mol. The molecule has 0 saturated carbocycles. The molecule has 76 heavy (non-hydrogen) atoms. The number of hydrogen-bond donors (Lipinski definition) is 0. The largest absolute Gasteiger partial charge is 0.453 e. The summed E-state index contributed by atoms with van der Waals surface area (Å²) in [6.45, 7) is 22.7. The van der Waals surface area contributed by atoms with Crippen LogP contribution in [0, 0.1) is 0 Å². The Hall–Kier alpha value is -8.34. The van der Waals surface area contributed by atoms with Crippen LogP contribution in [-0.4, -0.2) is 0 Å². The summed E-state index contributed by atoms with van der Waals surface area (Å²) in [6.07, 6.45) is 0. The minimum Gasteiger partial charge on any atom is -0.453 e. The van der Waals surface area contributed by atoms with Crippen LogP contribution in [0.2, 0.25) is 0 Å². The first-order chi connectivity index (χ1) is 36.7. The van der Waals surface area contributed by atoms with Crippen molar-refractivity contribution in [2.24, 2.45) is 0 Å². The molecule has 4 nitrogen and oxygen atoms in total. The minimum absolute atomic E-state index is 0.0574. The molecule has 0 fully saturated rings. The molecule has 0 N–H and O–H groups in total. The summed E-state index contributed by atoms with van der Waals surface area (Å²) >= 11 is 0. The van der Waals surface area contributed by atoms with E-state index >= 15 is 0 Å². The highest BCUT2D eigenvalue weighted by Crippen LogP contribution is 2.60. The maximum absolute atomic E-state index is 7.92. The van der Waals surface area contributed by atoms with Gasteiger partial charge in [0.2, 0.25) is 0 Å². The molecule has 0 aliphatic rings. The predicted molar refractivity (Wildman–Crippen MR) is 323 cm³/mol. The van der Waals surface area contributed by atoms with E-state index in [0.29, 0.717) is 11.8 Å². The molecular formula is C72H68N2O2. The highest BCUT2D eigenvalue weighted by Gasteiger charge is 2.37. The summed E-state index contributed by atoms with van der Waals surface area (Å²) < 4.78 is 15.8. The minimum atomic E-state index is -0.0574. The van der Waals surface area contributed by atoms with Gasteiger partial charge in [0.25, 0.3) is 0 Å². The van der Waals surface area contributed by atoms with Crippen LogP contribution < -0.4 is 9.80 Å². The molecule has 11 aromatic rings. The van der Waals surface area contributed by atoms with Gasteiger partial charge in [-0.2, -0.15) is 0 Å². The topological polar surface area (TPSA) is 32.8 Å². The summed E-state index contributed by atoms with van der Waals surface area (Å²) in [5.41, 5.74) is 18.2. The zero-order valence-electron chi connectivity index (χ0n) is 45.7. The van der Waals surface area contributed by atoms with Gasteiger partial charge in [0.05, 0.1) is 10.8 Å². The van der Waals surface area contributed by atoms with Crippen LogP contribution >= 0.6 is 0 Å². The zero-order chi connectivity index (χ0) is 52.9. The summed E-state index contributed by atoms with van der Waals surface area (Å²) in [7, 11) is 0. The van der Waals surface area contributed by atoms with Crippen molar-refractivity contribution in [2.45, 2.75) is 91.9 Å². The Balaban J connectivity index is 1.42. The Kier molecular flexibility index (Phi) is 13.2. The van der Waals surface area contributed by atoms with Crippen molar-refractivity contribution < 1.29 is 8.83 Å². The lowest BCUT2D eigenvalue weighted by atomic mass is 9.87. The fourth-order valence-corrected chi connectivity index (χ4v) is 10.7. The van der Waals surface area contributed by atoms with E-state index in [1.807, 2.05) is 0 Å². The van der Waals surface area contributed by atoms with Crippen LogP contribution in [0.3, 0.4) is 0 Å². The number of fused-ring (bicyclic) bond motifs is 2. The molecule has 11 rings (SSSR count). The van der Waals surface area contributed by atoms with Gasteiger partial charge in [-0.1, -0.05) is 239 Å². The van der Waals surface area contributed by atoms with Gasteiger partial charge in [0, 0.05) is 45.0 Å². The highest BCUT2D eigenvalue weighted by molar-refractivity contribution is 6.29. The van der Waals surface area contributed by atoms with Gasteiger partial charge in [0.1, 0.15) is 22.9 Å². The van der Waals surface area contributed by atoms with E-state index in [1.165, 1.54) is 22.3 Å². The quantitative estimate of drug-likeness (QED) is 0.114. The Morgan fingerprint density at radius 1 is 0.316 bits per heavy atom. The van der Waals surface area contributed by atoms with E-state index in [9.17, 15) is 0 Å². The molecule has 0 aliphatic carbocycles. The van der Waals surface area contributed by atoms with E-state index in [1.54, 1.807) is 0 Å². The number of anilines is 6. The van der Waals surface area contributed by atoms with E-state index in [-0.39, 0.29) is 10.8 Å². The number of benzene rings is 9. The molecule has 0 amide bonds. The Bertz CT molecular complexity index is 3510. The first-order valence-corrected chi connectivity index (χ1v) is 27.0. The van der Waals surface area contributed by atoms with Crippen LogP contribution in [-0.2, 0) is 10.8 Å². The molecule has 0 spiro atoms. The highest BCUT2D eigenvalue weighted by atomic mass is 16.3. The molecule has 2 aromatic heterocycles. The molecule has 9 aromatic carbocycles. The van der Waals surface area contributed by atoms with Crippen molar-refractivity contribution in [1.29, 1.82) is 0 Å². The van der Waals surface area contributed by atoms with Crippen LogP contribution in [0.25, 0.3) is 66.8 Å². The lowest BCUT2D eigenvalue weighted by Crippen LogP contribution is -2.16. The number of hydrogen-bond acceptors (Lipinski definition) is 4. The van der Waals surface area contributed by atoms with Gasteiger partial charge in [-0.15, -0.1) is 0 Å². The van der Waals surface area contributed by atoms with E-state index in [4.69, 9.17) is 8.83 Å². The molecule has 0 saturated heterocycles. The lowest BCUT2D eigenvalue weighted by molar-refractivity contribution is 0.590. The fourth-order valence-electron chi connectivity index (χ4n) is 10.7. The third-order valence-corrected chi connectivity index (χ3v) is 15.0. The zero-order valence-corrected chi connectivity index (χ0v) is 45.7. The standard InChI is InChI=1S/C72H68N2O2/c1-47(2)49-31-39-57(40-32-49)73(59-43-35-55(36-44-59)71(5,6)7)65-63-61(51-23-15-11-16-24-51)67(53-27-19-13-20-28-53)76-70(63)66(64-62(52-25-17-12-18-26-52)68(75-69(64)65)54-29-21-14-22-30-54)74(58-41-33-50(34-42-58)48(3)4)60-45-37-56(38-46-60)72(8,9)10/h11-48H,1-10H3.